The monoisotopic (exact) mass is 265 g/mol. The highest BCUT2D eigenvalue weighted by molar-refractivity contribution is 5.64. The van der Waals surface area contributed by atoms with Crippen molar-refractivity contribution in [3.05, 3.63) is 53.6 Å². The highest BCUT2D eigenvalue weighted by Crippen LogP contribution is 2.58. The topological polar surface area (TPSA) is 3.24 Å². The molecule has 1 fully saturated rings. The molecular weight excluding hydrogens is 242 g/mol. The van der Waals surface area contributed by atoms with Gasteiger partial charge in [-0.2, -0.15) is 0 Å². The lowest BCUT2D eigenvalue weighted by atomic mass is 9.81. The van der Waals surface area contributed by atoms with Gasteiger partial charge in [0.1, 0.15) is 0 Å². The van der Waals surface area contributed by atoms with Gasteiger partial charge >= 0.3 is 0 Å². The minimum atomic E-state index is 0.656. The van der Waals surface area contributed by atoms with Crippen LogP contribution >= 0.6 is 0 Å². The molecule has 104 valence electrons. The summed E-state index contributed by atoms with van der Waals surface area (Å²) in [5, 5.41) is 0. The molecule has 1 heteroatoms. The van der Waals surface area contributed by atoms with E-state index in [1.165, 1.54) is 17.7 Å². The van der Waals surface area contributed by atoms with E-state index in [0.29, 0.717) is 17.9 Å². The summed E-state index contributed by atoms with van der Waals surface area (Å²) in [6, 6.07) is 7.67. The molecule has 0 saturated heterocycles. The number of aryl methyl sites for hydroxylation is 1. The fraction of sp³-hybridized carbons (Fsp3) is 0.474. The van der Waals surface area contributed by atoms with Crippen LogP contribution < -0.4 is 4.90 Å². The average molecular weight is 265 g/mol. The van der Waals surface area contributed by atoms with E-state index in [9.17, 15) is 0 Å². The second-order valence-electron chi connectivity index (χ2n) is 6.69. The molecule has 1 aromatic rings. The van der Waals surface area contributed by atoms with Gasteiger partial charge < -0.3 is 4.90 Å². The molecule has 20 heavy (non-hydrogen) atoms. The fourth-order valence-electron chi connectivity index (χ4n) is 5.01. The van der Waals surface area contributed by atoms with Gasteiger partial charge in [0.2, 0.25) is 0 Å². The molecule has 3 aliphatic rings. The van der Waals surface area contributed by atoms with Crippen LogP contribution in [-0.2, 0) is 0 Å². The molecule has 5 unspecified atom stereocenters. The smallest absolute Gasteiger partial charge is 0.0427 e. The van der Waals surface area contributed by atoms with Gasteiger partial charge in [-0.25, -0.2) is 0 Å². The summed E-state index contributed by atoms with van der Waals surface area (Å²) in [4.78, 5) is 2.55. The molecule has 1 aliphatic heterocycles. The lowest BCUT2D eigenvalue weighted by Gasteiger charge is -2.29. The Morgan fingerprint density at radius 1 is 1.10 bits per heavy atom. The lowest BCUT2D eigenvalue weighted by molar-refractivity contribution is 0.384. The molecule has 1 heterocycles. The molecule has 0 amide bonds. The third-order valence-electron chi connectivity index (χ3n) is 5.78. The number of fused-ring (bicyclic) bond motifs is 5. The van der Waals surface area contributed by atoms with Crippen LogP contribution in [0.1, 0.15) is 30.4 Å². The molecule has 0 N–H and O–H groups in total. The van der Waals surface area contributed by atoms with Gasteiger partial charge in [-0.15, -0.1) is 0 Å². The Balaban J connectivity index is 1.87. The quantitative estimate of drug-likeness (QED) is 0.732. The Morgan fingerprint density at radius 2 is 1.85 bits per heavy atom. The number of nitrogens with zero attached hydrogens (tertiary/aromatic N) is 1. The Bertz CT molecular complexity index is 598. The number of benzene rings is 1. The Kier molecular flexibility index (Phi) is 2.60. The summed E-state index contributed by atoms with van der Waals surface area (Å²) in [7, 11) is 2.29. The summed E-state index contributed by atoms with van der Waals surface area (Å²) in [5.41, 5.74) is 4.46. The molecule has 4 rings (SSSR count). The highest BCUT2D eigenvalue weighted by atomic mass is 15.2. The molecule has 0 radical (unpaired) electrons. The number of anilines is 1. The van der Waals surface area contributed by atoms with Crippen LogP contribution in [0.25, 0.3) is 0 Å². The summed E-state index contributed by atoms with van der Waals surface area (Å²) in [6.07, 6.45) is 10.7. The number of hydrogen-bond donors (Lipinski definition) is 0. The van der Waals surface area contributed by atoms with Gasteiger partial charge in [-0.05, 0) is 30.4 Å². The first-order chi connectivity index (χ1) is 9.72. The Hall–Kier alpha value is -1.50. The van der Waals surface area contributed by atoms with E-state index in [2.05, 4.69) is 68.3 Å². The van der Waals surface area contributed by atoms with Gasteiger partial charge in [0.25, 0.3) is 0 Å². The van der Waals surface area contributed by atoms with Crippen LogP contribution in [0.3, 0.4) is 0 Å². The second kappa shape index (κ2) is 4.25. The zero-order chi connectivity index (χ0) is 13.9. The Labute approximate surface area is 122 Å². The van der Waals surface area contributed by atoms with Gasteiger partial charge in [-0.3, -0.25) is 0 Å². The number of hydrogen-bond acceptors (Lipinski definition) is 1. The molecule has 0 bridgehead atoms. The summed E-state index contributed by atoms with van der Waals surface area (Å²) >= 11 is 0. The number of allylic oxidation sites excluding steroid dienone is 3. The maximum atomic E-state index is 2.55. The predicted octanol–water partition coefficient (Wildman–Crippen LogP) is 4.30. The van der Waals surface area contributed by atoms with Gasteiger partial charge in [0.05, 0.1) is 0 Å². The molecule has 5 atom stereocenters. The van der Waals surface area contributed by atoms with Gasteiger partial charge in [0, 0.05) is 30.6 Å². The summed E-state index contributed by atoms with van der Waals surface area (Å²) < 4.78 is 0. The molecule has 2 aliphatic carbocycles. The van der Waals surface area contributed by atoms with Crippen LogP contribution in [0.15, 0.2) is 42.5 Å². The van der Waals surface area contributed by atoms with Crippen molar-refractivity contribution in [2.24, 2.45) is 17.8 Å². The van der Waals surface area contributed by atoms with E-state index in [4.69, 9.17) is 0 Å². The van der Waals surface area contributed by atoms with Crippen LogP contribution in [0.2, 0.25) is 0 Å². The van der Waals surface area contributed by atoms with Crippen molar-refractivity contribution >= 4 is 5.69 Å². The van der Waals surface area contributed by atoms with Crippen molar-refractivity contribution in [2.45, 2.75) is 32.2 Å². The third-order valence-corrected chi connectivity index (χ3v) is 5.78. The molecule has 0 spiro atoms. The Morgan fingerprint density at radius 3 is 2.60 bits per heavy atom. The normalized spacial score (nSPS) is 37.0. The lowest BCUT2D eigenvalue weighted by Crippen LogP contribution is -2.34. The van der Waals surface area contributed by atoms with E-state index >= 15 is 0 Å². The second-order valence-corrected chi connectivity index (χ2v) is 6.69. The van der Waals surface area contributed by atoms with Gasteiger partial charge in [-0.1, -0.05) is 55.3 Å². The maximum absolute atomic E-state index is 2.55. The third kappa shape index (κ3) is 1.44. The summed E-state index contributed by atoms with van der Waals surface area (Å²) in [5.74, 6) is 2.92. The van der Waals surface area contributed by atoms with Crippen molar-refractivity contribution < 1.29 is 0 Å². The standard InChI is InChI=1S/C19H23N/c1-4-13-14-7-5-6-8-15(14)19-18(13)16-11-12(2)9-10-17(16)20(19)3/h5-11,13-15,18-19H,4H2,1-3H3. The molecule has 1 saturated carbocycles. The van der Waals surface area contributed by atoms with E-state index in [0.717, 1.165) is 11.8 Å². The molecule has 1 nitrogen and oxygen atoms in total. The maximum Gasteiger partial charge on any atom is 0.0427 e. The summed E-state index contributed by atoms with van der Waals surface area (Å²) in [6.45, 7) is 4.58. The predicted molar refractivity (Wildman–Crippen MR) is 85.2 cm³/mol. The van der Waals surface area contributed by atoms with Crippen molar-refractivity contribution in [2.75, 3.05) is 11.9 Å². The first kappa shape index (κ1) is 12.3. The van der Waals surface area contributed by atoms with Crippen molar-refractivity contribution in [1.82, 2.24) is 0 Å². The largest absolute Gasteiger partial charge is 0.370 e. The number of likely N-dealkylation sites (N-methyl/N-ethyl adjacent to an activating group) is 1. The van der Waals surface area contributed by atoms with Crippen LogP contribution in [0.4, 0.5) is 5.69 Å². The molecule has 1 aromatic carbocycles. The van der Waals surface area contributed by atoms with Gasteiger partial charge in [0.15, 0.2) is 0 Å². The zero-order valence-electron chi connectivity index (χ0n) is 12.6. The van der Waals surface area contributed by atoms with Crippen molar-refractivity contribution in [1.29, 1.82) is 0 Å². The van der Waals surface area contributed by atoms with E-state index in [1.54, 1.807) is 5.56 Å². The first-order valence-corrected chi connectivity index (χ1v) is 7.90. The minimum absolute atomic E-state index is 0.656. The fourth-order valence-corrected chi connectivity index (χ4v) is 5.01. The molecular formula is C19H23N. The minimum Gasteiger partial charge on any atom is -0.370 e. The average Bonchev–Trinajstić information content (AvgIpc) is 2.93. The van der Waals surface area contributed by atoms with Crippen LogP contribution in [-0.4, -0.2) is 13.1 Å². The zero-order valence-corrected chi connectivity index (χ0v) is 12.6. The first-order valence-electron chi connectivity index (χ1n) is 7.90. The van der Waals surface area contributed by atoms with Crippen molar-refractivity contribution in [3.8, 4) is 0 Å². The molecule has 0 aromatic heterocycles. The van der Waals surface area contributed by atoms with E-state index < -0.39 is 0 Å². The van der Waals surface area contributed by atoms with Crippen LogP contribution in [0.5, 0.6) is 0 Å². The van der Waals surface area contributed by atoms with E-state index in [1.807, 2.05) is 0 Å². The highest BCUT2D eigenvalue weighted by Gasteiger charge is 2.54. The van der Waals surface area contributed by atoms with Crippen molar-refractivity contribution in [3.63, 3.8) is 0 Å². The van der Waals surface area contributed by atoms with E-state index in [-0.39, 0.29) is 0 Å². The number of rotatable bonds is 1. The van der Waals surface area contributed by atoms with Crippen LogP contribution in [0, 0.1) is 24.7 Å². The SMILES string of the molecule is CCC1C2C=CC=CC2C2C1c1cc(C)ccc1N2C.